The summed E-state index contributed by atoms with van der Waals surface area (Å²) in [6.07, 6.45) is -4.01. The molecule has 0 rings (SSSR count). The van der Waals surface area contributed by atoms with E-state index in [9.17, 15) is 5.11 Å². The predicted octanol–water partition coefficient (Wildman–Crippen LogP) is -2.31. The molecule has 4 atom stereocenters. The standard InChI is InChI=1S/C7H16O5/c1-4(2-8)6(11)7(12)5(10)3-9/h4-12H,2-3H2,1H3/t4-,5+,6+,7-/m0/s1. The highest BCUT2D eigenvalue weighted by atomic mass is 16.4. The van der Waals surface area contributed by atoms with Crippen LogP contribution < -0.4 is 0 Å². The SMILES string of the molecule is C[C@@H](CO)[C@@H](O)[C@@H](O)[C@H](O)CO. The molecule has 0 aromatic carbocycles. The van der Waals surface area contributed by atoms with Crippen LogP contribution in [0.5, 0.6) is 0 Å². The molecule has 0 radical (unpaired) electrons. The molecule has 0 aromatic rings. The lowest BCUT2D eigenvalue weighted by Gasteiger charge is -2.25. The molecule has 5 heteroatoms. The van der Waals surface area contributed by atoms with Crippen LogP contribution >= 0.6 is 0 Å². The van der Waals surface area contributed by atoms with Crippen molar-refractivity contribution in [1.82, 2.24) is 0 Å². The van der Waals surface area contributed by atoms with Crippen LogP contribution in [0.1, 0.15) is 6.92 Å². The maximum Gasteiger partial charge on any atom is 0.108 e. The minimum Gasteiger partial charge on any atom is -0.396 e. The van der Waals surface area contributed by atoms with Gasteiger partial charge in [0, 0.05) is 12.5 Å². The average molecular weight is 180 g/mol. The molecule has 0 aliphatic carbocycles. The van der Waals surface area contributed by atoms with Crippen LogP contribution in [0.4, 0.5) is 0 Å². The number of hydrogen-bond acceptors (Lipinski definition) is 5. The molecule has 0 spiro atoms. The van der Waals surface area contributed by atoms with Gasteiger partial charge in [0.1, 0.15) is 12.2 Å². The van der Waals surface area contributed by atoms with Crippen molar-refractivity contribution in [1.29, 1.82) is 0 Å². The summed E-state index contributed by atoms with van der Waals surface area (Å²) in [5.41, 5.74) is 0. The van der Waals surface area contributed by atoms with Crippen molar-refractivity contribution in [3.8, 4) is 0 Å². The molecule has 0 unspecified atom stereocenters. The summed E-state index contributed by atoms with van der Waals surface area (Å²) in [5.74, 6) is -0.527. The smallest absolute Gasteiger partial charge is 0.108 e. The predicted molar refractivity (Wildman–Crippen MR) is 41.4 cm³/mol. The van der Waals surface area contributed by atoms with Gasteiger partial charge in [-0.1, -0.05) is 6.92 Å². The molecule has 0 aliphatic rings. The van der Waals surface area contributed by atoms with Gasteiger partial charge in [0.15, 0.2) is 0 Å². The van der Waals surface area contributed by atoms with Gasteiger partial charge in [0.25, 0.3) is 0 Å². The Bertz CT molecular complexity index is 104. The Hall–Kier alpha value is -0.200. The summed E-state index contributed by atoms with van der Waals surface area (Å²) in [7, 11) is 0. The number of hydrogen-bond donors (Lipinski definition) is 5. The summed E-state index contributed by atoms with van der Waals surface area (Å²) in [6, 6.07) is 0. The second kappa shape index (κ2) is 5.45. The molecule has 12 heavy (non-hydrogen) atoms. The van der Waals surface area contributed by atoms with Gasteiger partial charge in [-0.2, -0.15) is 0 Å². The van der Waals surface area contributed by atoms with Gasteiger partial charge in [0.05, 0.1) is 12.7 Å². The Morgan fingerprint density at radius 3 is 1.75 bits per heavy atom. The van der Waals surface area contributed by atoms with E-state index < -0.39 is 30.8 Å². The lowest BCUT2D eigenvalue weighted by Crippen LogP contribution is -2.43. The monoisotopic (exact) mass is 180 g/mol. The van der Waals surface area contributed by atoms with Crippen molar-refractivity contribution in [3.63, 3.8) is 0 Å². The zero-order chi connectivity index (χ0) is 9.72. The molecule has 74 valence electrons. The molecule has 5 N–H and O–H groups in total. The van der Waals surface area contributed by atoms with Crippen LogP contribution in [0, 0.1) is 5.92 Å². The topological polar surface area (TPSA) is 101 Å². The van der Waals surface area contributed by atoms with E-state index >= 15 is 0 Å². The van der Waals surface area contributed by atoms with E-state index in [1.54, 1.807) is 0 Å². The fraction of sp³-hybridized carbons (Fsp3) is 1.00. The molecule has 0 bridgehead atoms. The highest BCUT2D eigenvalue weighted by Gasteiger charge is 2.27. The minimum absolute atomic E-state index is 0.281. The quantitative estimate of drug-likeness (QED) is 0.327. The van der Waals surface area contributed by atoms with E-state index in [0.29, 0.717) is 0 Å². The van der Waals surface area contributed by atoms with Gasteiger partial charge in [0.2, 0.25) is 0 Å². The van der Waals surface area contributed by atoms with E-state index in [2.05, 4.69) is 0 Å². The number of rotatable bonds is 5. The molecule has 0 aromatic heterocycles. The first-order valence-corrected chi connectivity index (χ1v) is 3.80. The molecule has 0 amide bonds. The van der Waals surface area contributed by atoms with Crippen molar-refractivity contribution in [2.75, 3.05) is 13.2 Å². The first-order chi connectivity index (χ1) is 5.54. The Labute approximate surface area is 70.9 Å². The maximum absolute atomic E-state index is 9.21. The molecule has 0 saturated heterocycles. The first kappa shape index (κ1) is 11.8. The minimum atomic E-state index is -1.42. The van der Waals surface area contributed by atoms with E-state index in [1.165, 1.54) is 6.92 Å². The third kappa shape index (κ3) is 3.04. The molecule has 5 nitrogen and oxygen atoms in total. The van der Waals surface area contributed by atoms with Gasteiger partial charge < -0.3 is 25.5 Å². The molecular formula is C7H16O5. The van der Waals surface area contributed by atoms with Crippen molar-refractivity contribution in [2.45, 2.75) is 25.2 Å². The Balaban J connectivity index is 3.99. The van der Waals surface area contributed by atoms with Crippen LogP contribution in [-0.4, -0.2) is 57.1 Å². The lowest BCUT2D eigenvalue weighted by molar-refractivity contribution is -0.0978. The normalized spacial score (nSPS) is 21.5. The summed E-state index contributed by atoms with van der Waals surface area (Å²) >= 11 is 0. The fourth-order valence-electron chi connectivity index (χ4n) is 0.780. The van der Waals surface area contributed by atoms with Crippen LogP contribution in [0.3, 0.4) is 0 Å². The zero-order valence-corrected chi connectivity index (χ0v) is 6.96. The van der Waals surface area contributed by atoms with E-state index in [4.69, 9.17) is 20.4 Å². The molecule has 0 aliphatic heterocycles. The lowest BCUT2D eigenvalue weighted by atomic mass is 9.97. The van der Waals surface area contributed by atoms with Crippen LogP contribution in [0.25, 0.3) is 0 Å². The van der Waals surface area contributed by atoms with Gasteiger partial charge in [-0.15, -0.1) is 0 Å². The van der Waals surface area contributed by atoms with Gasteiger partial charge >= 0.3 is 0 Å². The summed E-state index contributed by atoms with van der Waals surface area (Å²) in [5, 5.41) is 44.2. The van der Waals surface area contributed by atoms with E-state index in [-0.39, 0.29) is 6.61 Å². The van der Waals surface area contributed by atoms with Crippen LogP contribution in [0.15, 0.2) is 0 Å². The van der Waals surface area contributed by atoms with Crippen LogP contribution in [0.2, 0.25) is 0 Å². The van der Waals surface area contributed by atoms with Crippen molar-refractivity contribution >= 4 is 0 Å². The fourth-order valence-corrected chi connectivity index (χ4v) is 0.780. The second-order valence-electron chi connectivity index (χ2n) is 2.89. The van der Waals surface area contributed by atoms with Crippen LogP contribution in [-0.2, 0) is 0 Å². The first-order valence-electron chi connectivity index (χ1n) is 3.80. The Morgan fingerprint density at radius 1 is 0.917 bits per heavy atom. The third-order valence-electron chi connectivity index (χ3n) is 1.80. The Morgan fingerprint density at radius 2 is 1.42 bits per heavy atom. The molecule has 0 heterocycles. The second-order valence-corrected chi connectivity index (χ2v) is 2.89. The summed E-state index contributed by atoms with van der Waals surface area (Å²) < 4.78 is 0. The average Bonchev–Trinajstić information content (AvgIpc) is 2.12. The largest absolute Gasteiger partial charge is 0.396 e. The zero-order valence-electron chi connectivity index (χ0n) is 6.96. The maximum atomic E-state index is 9.21. The van der Waals surface area contributed by atoms with Crippen molar-refractivity contribution < 1.29 is 25.5 Å². The number of aliphatic hydroxyl groups excluding tert-OH is 5. The summed E-state index contributed by atoms with van der Waals surface area (Å²) in [6.45, 7) is 0.630. The highest BCUT2D eigenvalue weighted by molar-refractivity contribution is 4.78. The molecule has 0 fully saturated rings. The highest BCUT2D eigenvalue weighted by Crippen LogP contribution is 2.09. The van der Waals surface area contributed by atoms with Gasteiger partial charge in [-0.3, -0.25) is 0 Å². The third-order valence-corrected chi connectivity index (χ3v) is 1.80. The van der Waals surface area contributed by atoms with Crippen molar-refractivity contribution in [2.24, 2.45) is 5.92 Å². The Kier molecular flexibility index (Phi) is 5.36. The van der Waals surface area contributed by atoms with E-state index in [0.717, 1.165) is 0 Å². The molecule has 0 saturated carbocycles. The molecular weight excluding hydrogens is 164 g/mol. The van der Waals surface area contributed by atoms with Gasteiger partial charge in [-0.25, -0.2) is 0 Å². The van der Waals surface area contributed by atoms with Crippen molar-refractivity contribution in [3.05, 3.63) is 0 Å². The number of aliphatic hydroxyl groups is 5. The van der Waals surface area contributed by atoms with Gasteiger partial charge in [-0.05, 0) is 0 Å². The summed E-state index contributed by atoms with van der Waals surface area (Å²) in [4.78, 5) is 0. The van der Waals surface area contributed by atoms with E-state index in [1.807, 2.05) is 0 Å².